The fraction of sp³-hybridized carbons (Fsp3) is 0.562. The SMILES string of the molecule is C[C@@H]1CN(C(=O)OC(C)(C)C)CCN1c1cc(F)c([N+](=O)[O-])cc1F. The summed E-state index contributed by atoms with van der Waals surface area (Å²) in [6.45, 7) is 7.85. The van der Waals surface area contributed by atoms with Crippen molar-refractivity contribution in [2.24, 2.45) is 0 Å². The van der Waals surface area contributed by atoms with E-state index >= 15 is 0 Å². The molecule has 1 heterocycles. The van der Waals surface area contributed by atoms with Gasteiger partial charge in [-0.25, -0.2) is 9.18 Å². The Hall–Kier alpha value is -2.45. The van der Waals surface area contributed by atoms with E-state index in [-0.39, 0.29) is 31.4 Å². The Morgan fingerprint density at radius 2 is 1.92 bits per heavy atom. The molecule has 0 unspecified atom stereocenters. The second-order valence-electron chi connectivity index (χ2n) is 6.98. The lowest BCUT2D eigenvalue weighted by atomic mass is 10.1. The number of hydrogen-bond donors (Lipinski definition) is 0. The van der Waals surface area contributed by atoms with E-state index in [1.807, 2.05) is 0 Å². The second kappa shape index (κ2) is 6.81. The van der Waals surface area contributed by atoms with Gasteiger partial charge in [0, 0.05) is 31.7 Å². The summed E-state index contributed by atoms with van der Waals surface area (Å²) in [5, 5.41) is 10.7. The number of carbonyl (C=O) groups excluding carboxylic acids is 1. The minimum atomic E-state index is -1.09. The molecule has 0 aromatic heterocycles. The maximum atomic E-state index is 14.2. The van der Waals surface area contributed by atoms with Gasteiger partial charge in [0.1, 0.15) is 5.60 Å². The van der Waals surface area contributed by atoms with Gasteiger partial charge in [-0.05, 0) is 27.7 Å². The Kier molecular flexibility index (Phi) is 5.15. The Labute approximate surface area is 144 Å². The van der Waals surface area contributed by atoms with Gasteiger partial charge in [-0.1, -0.05) is 0 Å². The molecule has 138 valence electrons. The van der Waals surface area contributed by atoms with Crippen LogP contribution in [0.1, 0.15) is 27.7 Å². The third-order valence-corrected chi connectivity index (χ3v) is 3.80. The number of nitro benzene ring substituents is 1. The van der Waals surface area contributed by atoms with Crippen LogP contribution in [-0.4, -0.2) is 47.2 Å². The number of piperazine rings is 1. The highest BCUT2D eigenvalue weighted by Gasteiger charge is 2.32. The van der Waals surface area contributed by atoms with Gasteiger partial charge in [-0.2, -0.15) is 4.39 Å². The van der Waals surface area contributed by atoms with Crippen LogP contribution >= 0.6 is 0 Å². The van der Waals surface area contributed by atoms with E-state index in [0.717, 1.165) is 6.07 Å². The molecule has 2 rings (SSSR count). The standard InChI is InChI=1S/C16H21F2N3O4/c1-10-9-19(15(22)25-16(2,3)4)5-6-20(10)13-7-12(18)14(21(23)24)8-11(13)17/h7-8,10H,5-6,9H2,1-4H3/t10-/m1/s1. The van der Waals surface area contributed by atoms with E-state index < -0.39 is 33.9 Å². The highest BCUT2D eigenvalue weighted by atomic mass is 19.1. The third-order valence-electron chi connectivity index (χ3n) is 3.80. The Bertz CT molecular complexity index is 691. The molecule has 0 radical (unpaired) electrons. The lowest BCUT2D eigenvalue weighted by Gasteiger charge is -2.41. The molecule has 1 aliphatic heterocycles. The van der Waals surface area contributed by atoms with Crippen LogP contribution in [0.15, 0.2) is 12.1 Å². The van der Waals surface area contributed by atoms with Gasteiger partial charge in [-0.15, -0.1) is 0 Å². The van der Waals surface area contributed by atoms with E-state index in [2.05, 4.69) is 0 Å². The van der Waals surface area contributed by atoms with Crippen molar-refractivity contribution in [3.8, 4) is 0 Å². The van der Waals surface area contributed by atoms with E-state index in [1.54, 1.807) is 32.6 Å². The summed E-state index contributed by atoms with van der Waals surface area (Å²) in [4.78, 5) is 24.9. The topological polar surface area (TPSA) is 75.9 Å². The average molecular weight is 357 g/mol. The molecule has 1 aromatic rings. The number of nitrogens with zero attached hydrogens (tertiary/aromatic N) is 3. The molecule has 1 aliphatic rings. The van der Waals surface area contributed by atoms with Crippen molar-refractivity contribution in [3.63, 3.8) is 0 Å². The maximum Gasteiger partial charge on any atom is 0.410 e. The molecule has 1 amide bonds. The van der Waals surface area contributed by atoms with Gasteiger partial charge >= 0.3 is 11.8 Å². The summed E-state index contributed by atoms with van der Waals surface area (Å²) in [6.07, 6.45) is -0.464. The molecule has 0 N–H and O–H groups in total. The van der Waals surface area contributed by atoms with E-state index in [9.17, 15) is 23.7 Å². The van der Waals surface area contributed by atoms with E-state index in [1.165, 1.54) is 4.90 Å². The molecule has 7 nitrogen and oxygen atoms in total. The molecule has 1 aromatic carbocycles. The first kappa shape index (κ1) is 18.9. The zero-order chi connectivity index (χ0) is 18.9. The predicted molar refractivity (Wildman–Crippen MR) is 87.6 cm³/mol. The van der Waals surface area contributed by atoms with Crippen molar-refractivity contribution < 1.29 is 23.2 Å². The molecule has 0 aliphatic carbocycles. The quantitative estimate of drug-likeness (QED) is 0.599. The minimum absolute atomic E-state index is 0.0561. The Morgan fingerprint density at radius 1 is 1.28 bits per heavy atom. The van der Waals surface area contributed by atoms with Gasteiger partial charge in [0.15, 0.2) is 5.82 Å². The van der Waals surface area contributed by atoms with E-state index in [4.69, 9.17) is 4.74 Å². The van der Waals surface area contributed by atoms with Crippen LogP contribution in [0.4, 0.5) is 25.0 Å². The van der Waals surface area contributed by atoms with Crippen molar-refractivity contribution in [1.82, 2.24) is 4.90 Å². The number of ether oxygens (including phenoxy) is 1. The monoisotopic (exact) mass is 357 g/mol. The molecule has 9 heteroatoms. The average Bonchev–Trinajstić information content (AvgIpc) is 2.47. The van der Waals surface area contributed by atoms with Crippen LogP contribution in [0.25, 0.3) is 0 Å². The van der Waals surface area contributed by atoms with Gasteiger partial charge < -0.3 is 14.5 Å². The molecule has 0 spiro atoms. The molecule has 1 fully saturated rings. The highest BCUT2D eigenvalue weighted by molar-refractivity contribution is 5.69. The fourth-order valence-electron chi connectivity index (χ4n) is 2.69. The Morgan fingerprint density at radius 3 is 2.44 bits per heavy atom. The third kappa shape index (κ3) is 4.34. The smallest absolute Gasteiger partial charge is 0.410 e. The molecule has 1 saturated heterocycles. The van der Waals surface area contributed by atoms with Crippen LogP contribution in [-0.2, 0) is 4.74 Å². The van der Waals surface area contributed by atoms with Crippen molar-refractivity contribution in [1.29, 1.82) is 0 Å². The first-order chi connectivity index (χ1) is 11.5. The predicted octanol–water partition coefficient (Wildman–Crippen LogP) is 3.32. The molecule has 25 heavy (non-hydrogen) atoms. The first-order valence-electron chi connectivity index (χ1n) is 7.87. The number of hydrogen-bond acceptors (Lipinski definition) is 5. The van der Waals surface area contributed by atoms with Gasteiger partial charge in [0.2, 0.25) is 5.82 Å². The fourth-order valence-corrected chi connectivity index (χ4v) is 2.69. The zero-order valence-corrected chi connectivity index (χ0v) is 14.6. The van der Waals surface area contributed by atoms with Crippen LogP contribution < -0.4 is 4.90 Å². The number of benzene rings is 1. The van der Waals surface area contributed by atoms with E-state index in [0.29, 0.717) is 6.07 Å². The van der Waals surface area contributed by atoms with Crippen LogP contribution in [0.2, 0.25) is 0 Å². The van der Waals surface area contributed by atoms with Crippen LogP contribution in [0.5, 0.6) is 0 Å². The molecule has 1 atom stereocenters. The summed E-state index contributed by atoms with van der Waals surface area (Å²) in [5.74, 6) is -1.96. The van der Waals surface area contributed by atoms with Crippen LogP contribution in [0, 0.1) is 21.7 Å². The largest absolute Gasteiger partial charge is 0.444 e. The lowest BCUT2D eigenvalue weighted by molar-refractivity contribution is -0.387. The van der Waals surface area contributed by atoms with Gasteiger partial charge in [0.05, 0.1) is 16.7 Å². The number of rotatable bonds is 2. The number of halogens is 2. The van der Waals surface area contributed by atoms with Gasteiger partial charge in [0.25, 0.3) is 0 Å². The van der Waals surface area contributed by atoms with Crippen LogP contribution in [0.3, 0.4) is 0 Å². The maximum absolute atomic E-state index is 14.2. The van der Waals surface area contributed by atoms with Crippen molar-refractivity contribution in [2.45, 2.75) is 39.3 Å². The summed E-state index contributed by atoms with van der Waals surface area (Å²) >= 11 is 0. The van der Waals surface area contributed by atoms with Crippen molar-refractivity contribution >= 4 is 17.5 Å². The number of nitro groups is 1. The first-order valence-corrected chi connectivity index (χ1v) is 7.87. The summed E-state index contributed by atoms with van der Waals surface area (Å²) in [6, 6.07) is 1.10. The summed E-state index contributed by atoms with van der Waals surface area (Å²) < 4.78 is 33.4. The lowest BCUT2D eigenvalue weighted by Crippen LogP contribution is -2.54. The van der Waals surface area contributed by atoms with Crippen molar-refractivity contribution in [3.05, 3.63) is 33.9 Å². The minimum Gasteiger partial charge on any atom is -0.444 e. The zero-order valence-electron chi connectivity index (χ0n) is 14.6. The molecule has 0 bridgehead atoms. The summed E-state index contributed by atoms with van der Waals surface area (Å²) in [5.41, 5.74) is -1.58. The van der Waals surface area contributed by atoms with Gasteiger partial charge in [-0.3, -0.25) is 10.1 Å². The number of anilines is 1. The molecular formula is C16H21F2N3O4. The normalized spacial score (nSPS) is 18.2. The summed E-state index contributed by atoms with van der Waals surface area (Å²) in [7, 11) is 0. The Balaban J connectivity index is 2.15. The highest BCUT2D eigenvalue weighted by Crippen LogP contribution is 2.30. The molecular weight excluding hydrogens is 336 g/mol. The second-order valence-corrected chi connectivity index (χ2v) is 6.98. The number of carbonyl (C=O) groups is 1. The number of amides is 1. The van der Waals surface area contributed by atoms with Crippen molar-refractivity contribution in [2.75, 3.05) is 24.5 Å². The molecule has 0 saturated carbocycles.